The Labute approximate surface area is 122 Å². The van der Waals surface area contributed by atoms with Crippen LogP contribution < -0.4 is 15.6 Å². The summed E-state index contributed by atoms with van der Waals surface area (Å²) in [6.07, 6.45) is 2.98. The lowest BCUT2D eigenvalue weighted by atomic mass is 9.94. The lowest BCUT2D eigenvalue weighted by Crippen LogP contribution is -2.26. The number of nitrogens with zero attached hydrogens (tertiary/aromatic N) is 1. The summed E-state index contributed by atoms with van der Waals surface area (Å²) in [4.78, 5) is 18.4. The molecule has 0 aliphatic rings. The van der Waals surface area contributed by atoms with E-state index < -0.39 is 0 Å². The van der Waals surface area contributed by atoms with Crippen molar-refractivity contribution in [3.05, 3.63) is 52.6 Å². The van der Waals surface area contributed by atoms with E-state index >= 15 is 0 Å². The van der Waals surface area contributed by atoms with Gasteiger partial charge in [-0.25, -0.2) is 4.98 Å². The minimum atomic E-state index is -0.303. The molecule has 6 heteroatoms. The second-order valence-electron chi connectivity index (χ2n) is 4.79. The van der Waals surface area contributed by atoms with E-state index in [0.29, 0.717) is 5.75 Å². The molecule has 3 N–H and O–H groups in total. The maximum absolute atomic E-state index is 11.8. The van der Waals surface area contributed by atoms with Crippen LogP contribution in [0.25, 0.3) is 0 Å². The van der Waals surface area contributed by atoms with Crippen LogP contribution in [0, 0.1) is 5.92 Å². The van der Waals surface area contributed by atoms with E-state index in [9.17, 15) is 9.90 Å². The fourth-order valence-electron chi connectivity index (χ4n) is 2.16. The predicted molar refractivity (Wildman–Crippen MR) is 80.5 cm³/mol. The van der Waals surface area contributed by atoms with Crippen LogP contribution >= 0.6 is 0 Å². The average molecular weight is 289 g/mol. The minimum absolute atomic E-state index is 0.0273. The highest BCUT2D eigenvalue weighted by Gasteiger charge is 2.23. The summed E-state index contributed by atoms with van der Waals surface area (Å²) >= 11 is 0. The summed E-state index contributed by atoms with van der Waals surface area (Å²) < 4.78 is 5.36. The zero-order valence-corrected chi connectivity index (χ0v) is 12.0. The largest absolute Gasteiger partial charge is 0.496 e. The molecular weight excluding hydrogens is 270 g/mol. The number of aliphatic hydroxyl groups is 1. The minimum Gasteiger partial charge on any atom is -0.496 e. The molecule has 2 rings (SSSR count). The van der Waals surface area contributed by atoms with E-state index in [0.717, 1.165) is 5.56 Å². The van der Waals surface area contributed by atoms with Crippen LogP contribution in [0.1, 0.15) is 18.5 Å². The van der Waals surface area contributed by atoms with Gasteiger partial charge in [-0.1, -0.05) is 25.1 Å². The molecule has 0 saturated heterocycles. The van der Waals surface area contributed by atoms with Gasteiger partial charge in [-0.3, -0.25) is 4.79 Å². The number of hydrogen-bond donors (Lipinski definition) is 3. The molecule has 21 heavy (non-hydrogen) atoms. The number of benzene rings is 1. The smallest absolute Gasteiger partial charge is 0.290 e. The lowest BCUT2D eigenvalue weighted by Gasteiger charge is -2.25. The van der Waals surface area contributed by atoms with E-state index in [1.54, 1.807) is 7.11 Å². The third-order valence-electron chi connectivity index (χ3n) is 3.33. The normalized spacial score (nSPS) is 13.5. The molecule has 112 valence electrons. The molecule has 0 radical (unpaired) electrons. The van der Waals surface area contributed by atoms with Crippen LogP contribution in [0.15, 0.2) is 41.5 Å². The van der Waals surface area contributed by atoms with Crippen LogP contribution in [0.4, 0.5) is 5.82 Å². The first kappa shape index (κ1) is 15.1. The van der Waals surface area contributed by atoms with Gasteiger partial charge in [-0.05, 0) is 6.07 Å². The van der Waals surface area contributed by atoms with E-state index in [2.05, 4.69) is 15.3 Å². The Morgan fingerprint density at radius 2 is 2.19 bits per heavy atom. The van der Waals surface area contributed by atoms with Gasteiger partial charge < -0.3 is 20.1 Å². The number of rotatable bonds is 6. The van der Waals surface area contributed by atoms with Crippen molar-refractivity contribution in [2.24, 2.45) is 5.92 Å². The number of aromatic amines is 1. The van der Waals surface area contributed by atoms with Gasteiger partial charge in [0, 0.05) is 30.5 Å². The molecule has 0 unspecified atom stereocenters. The second-order valence-corrected chi connectivity index (χ2v) is 4.79. The van der Waals surface area contributed by atoms with Gasteiger partial charge in [-0.2, -0.15) is 0 Å². The molecule has 0 amide bonds. The number of hydrogen-bond acceptors (Lipinski definition) is 5. The summed E-state index contributed by atoms with van der Waals surface area (Å²) in [7, 11) is 1.59. The highest BCUT2D eigenvalue weighted by atomic mass is 16.5. The maximum Gasteiger partial charge on any atom is 0.290 e. The van der Waals surface area contributed by atoms with Crippen molar-refractivity contribution in [1.82, 2.24) is 9.97 Å². The van der Waals surface area contributed by atoms with Gasteiger partial charge in [0.2, 0.25) is 0 Å². The number of para-hydroxylation sites is 1. The van der Waals surface area contributed by atoms with Crippen molar-refractivity contribution in [2.75, 3.05) is 19.0 Å². The molecule has 0 fully saturated rings. The van der Waals surface area contributed by atoms with Gasteiger partial charge >= 0.3 is 0 Å². The number of aliphatic hydroxyl groups excluding tert-OH is 1. The molecule has 0 bridgehead atoms. The van der Waals surface area contributed by atoms with Gasteiger partial charge in [0.05, 0.1) is 13.2 Å². The monoisotopic (exact) mass is 289 g/mol. The summed E-state index contributed by atoms with van der Waals surface area (Å²) in [5.41, 5.74) is 0.564. The van der Waals surface area contributed by atoms with Gasteiger partial charge in [0.1, 0.15) is 5.75 Å². The van der Waals surface area contributed by atoms with Crippen LogP contribution in [0.5, 0.6) is 5.75 Å². The van der Waals surface area contributed by atoms with Crippen LogP contribution in [-0.4, -0.2) is 28.8 Å². The molecule has 6 nitrogen and oxygen atoms in total. The van der Waals surface area contributed by atoms with Crippen LogP contribution in [0.3, 0.4) is 0 Å². The molecule has 2 atom stereocenters. The third kappa shape index (κ3) is 3.41. The number of methoxy groups -OCH3 is 1. The molecule has 2 aromatic rings. The van der Waals surface area contributed by atoms with Crippen molar-refractivity contribution >= 4 is 5.82 Å². The quantitative estimate of drug-likeness (QED) is 0.751. The molecule has 0 saturated carbocycles. The molecule has 1 aromatic heterocycles. The van der Waals surface area contributed by atoms with Gasteiger partial charge in [0.25, 0.3) is 5.56 Å². The first-order valence-corrected chi connectivity index (χ1v) is 6.71. The Hall–Kier alpha value is -2.34. The van der Waals surface area contributed by atoms with Crippen molar-refractivity contribution in [1.29, 1.82) is 0 Å². The van der Waals surface area contributed by atoms with Crippen LogP contribution in [-0.2, 0) is 0 Å². The van der Waals surface area contributed by atoms with Gasteiger partial charge in [0.15, 0.2) is 5.82 Å². The first-order valence-electron chi connectivity index (χ1n) is 6.71. The summed E-state index contributed by atoms with van der Waals surface area (Å²) in [5, 5.41) is 12.6. The number of nitrogens with one attached hydrogen (secondary N) is 2. The number of H-pyrrole nitrogens is 1. The Morgan fingerprint density at radius 1 is 1.43 bits per heavy atom. The Balaban J connectivity index is 2.40. The van der Waals surface area contributed by atoms with Crippen molar-refractivity contribution in [3.63, 3.8) is 0 Å². The molecule has 0 aliphatic carbocycles. The fourth-order valence-corrected chi connectivity index (χ4v) is 2.16. The van der Waals surface area contributed by atoms with E-state index in [1.165, 1.54) is 12.4 Å². The van der Waals surface area contributed by atoms with Crippen molar-refractivity contribution < 1.29 is 9.84 Å². The zero-order chi connectivity index (χ0) is 15.2. The van der Waals surface area contributed by atoms with Crippen LogP contribution in [0.2, 0.25) is 0 Å². The maximum atomic E-state index is 11.8. The zero-order valence-electron chi connectivity index (χ0n) is 12.0. The van der Waals surface area contributed by atoms with Crippen molar-refractivity contribution in [2.45, 2.75) is 13.0 Å². The molecular formula is C15H19N3O3. The predicted octanol–water partition coefficient (Wildman–Crippen LogP) is 1.56. The highest BCUT2D eigenvalue weighted by molar-refractivity contribution is 5.42. The average Bonchev–Trinajstić information content (AvgIpc) is 2.53. The van der Waals surface area contributed by atoms with Gasteiger partial charge in [-0.15, -0.1) is 0 Å². The number of aromatic nitrogens is 2. The second kappa shape index (κ2) is 6.90. The van der Waals surface area contributed by atoms with E-state index in [1.807, 2.05) is 31.2 Å². The van der Waals surface area contributed by atoms with E-state index in [4.69, 9.17) is 4.74 Å². The SMILES string of the molecule is COc1ccccc1[C@H](Nc1ncc[nH]c1=O)[C@@H](C)CO. The first-order chi connectivity index (χ1) is 10.2. The Morgan fingerprint density at radius 3 is 2.86 bits per heavy atom. The standard InChI is InChI=1S/C15H19N3O3/c1-10(9-19)13(11-5-3-4-6-12(11)21-2)18-14-15(20)17-8-7-16-14/h3-8,10,13,19H,9H2,1-2H3,(H,16,18)(H,17,20)/t10-,13+/m0/s1. The number of anilines is 1. The fraction of sp³-hybridized carbons (Fsp3) is 0.333. The Kier molecular flexibility index (Phi) is 4.94. The summed E-state index contributed by atoms with van der Waals surface area (Å²) in [5.74, 6) is 0.791. The Bertz CT molecular complexity index is 642. The summed E-state index contributed by atoms with van der Waals surface area (Å²) in [6.45, 7) is 1.86. The lowest BCUT2D eigenvalue weighted by molar-refractivity contribution is 0.221. The number of ether oxygens (including phenoxy) is 1. The van der Waals surface area contributed by atoms with E-state index in [-0.39, 0.29) is 29.9 Å². The van der Waals surface area contributed by atoms with Crippen molar-refractivity contribution in [3.8, 4) is 5.75 Å². The topological polar surface area (TPSA) is 87.2 Å². The molecule has 0 spiro atoms. The summed E-state index contributed by atoms with van der Waals surface area (Å²) in [6, 6.07) is 7.22. The molecule has 0 aliphatic heterocycles. The molecule has 1 heterocycles. The molecule has 1 aromatic carbocycles. The third-order valence-corrected chi connectivity index (χ3v) is 3.33. The highest BCUT2D eigenvalue weighted by Crippen LogP contribution is 2.31.